The molecule has 2 aliphatic rings. The molecular weight excluding hydrogens is 374 g/mol. The second-order valence-electron chi connectivity index (χ2n) is 7.92. The van der Waals surface area contributed by atoms with Crippen molar-refractivity contribution in [2.45, 2.75) is 25.8 Å². The van der Waals surface area contributed by atoms with Gasteiger partial charge in [0, 0.05) is 18.5 Å². The fourth-order valence-electron chi connectivity index (χ4n) is 4.35. The van der Waals surface area contributed by atoms with E-state index in [0.717, 1.165) is 46.6 Å². The molecule has 1 amide bonds. The Balaban J connectivity index is 1.39. The largest absolute Gasteiger partial charge is 0.490 e. The van der Waals surface area contributed by atoms with Crippen molar-refractivity contribution in [3.63, 3.8) is 0 Å². The molecule has 5 rings (SSSR count). The predicted molar refractivity (Wildman–Crippen MR) is 117 cm³/mol. The SMILES string of the molecule is C[C@@H]1c2cc3c(cc2CCN1C(=O)c1ccc(-c2ccccc2)cc1)OCCCO3. The van der Waals surface area contributed by atoms with Crippen LogP contribution in [0.3, 0.4) is 0 Å². The number of fused-ring (bicyclic) bond motifs is 2. The number of carbonyl (C=O) groups is 1. The van der Waals surface area contributed by atoms with Gasteiger partial charge in [0.1, 0.15) is 0 Å². The minimum absolute atomic E-state index is 0.00722. The van der Waals surface area contributed by atoms with Crippen molar-refractivity contribution in [1.82, 2.24) is 4.90 Å². The highest BCUT2D eigenvalue weighted by Gasteiger charge is 2.30. The Labute approximate surface area is 177 Å². The van der Waals surface area contributed by atoms with Crippen LogP contribution in [0.5, 0.6) is 11.5 Å². The summed E-state index contributed by atoms with van der Waals surface area (Å²) in [5, 5.41) is 0. The Kier molecular flexibility index (Phi) is 4.91. The average molecular weight is 399 g/mol. The topological polar surface area (TPSA) is 38.8 Å². The van der Waals surface area contributed by atoms with Gasteiger partial charge in [0.05, 0.1) is 19.3 Å². The number of nitrogens with zero attached hydrogens (tertiary/aromatic N) is 1. The lowest BCUT2D eigenvalue weighted by molar-refractivity contribution is 0.0677. The van der Waals surface area contributed by atoms with E-state index in [1.807, 2.05) is 47.4 Å². The van der Waals surface area contributed by atoms with E-state index in [0.29, 0.717) is 19.8 Å². The van der Waals surface area contributed by atoms with Gasteiger partial charge in [0.25, 0.3) is 5.91 Å². The van der Waals surface area contributed by atoms with Crippen LogP contribution in [0.15, 0.2) is 66.7 Å². The van der Waals surface area contributed by atoms with E-state index < -0.39 is 0 Å². The van der Waals surface area contributed by atoms with Crippen LogP contribution in [-0.2, 0) is 6.42 Å². The van der Waals surface area contributed by atoms with Crippen LogP contribution in [0.4, 0.5) is 0 Å². The van der Waals surface area contributed by atoms with E-state index in [-0.39, 0.29) is 11.9 Å². The molecule has 2 aliphatic heterocycles. The summed E-state index contributed by atoms with van der Waals surface area (Å²) in [6, 6.07) is 22.3. The number of ether oxygens (including phenoxy) is 2. The first-order valence-electron chi connectivity index (χ1n) is 10.6. The Bertz CT molecular complexity index is 1060. The van der Waals surface area contributed by atoms with Crippen LogP contribution >= 0.6 is 0 Å². The smallest absolute Gasteiger partial charge is 0.254 e. The van der Waals surface area contributed by atoms with Crippen LogP contribution in [0.1, 0.15) is 40.9 Å². The summed E-state index contributed by atoms with van der Waals surface area (Å²) in [5.74, 6) is 1.69. The second kappa shape index (κ2) is 7.86. The minimum atomic E-state index is -0.00722. The molecular formula is C26H25NO3. The van der Waals surface area contributed by atoms with Gasteiger partial charge in [-0.3, -0.25) is 4.79 Å². The van der Waals surface area contributed by atoms with E-state index in [1.165, 1.54) is 5.56 Å². The van der Waals surface area contributed by atoms with Crippen molar-refractivity contribution in [3.05, 3.63) is 83.4 Å². The molecule has 4 nitrogen and oxygen atoms in total. The van der Waals surface area contributed by atoms with Gasteiger partial charge in [-0.1, -0.05) is 42.5 Å². The van der Waals surface area contributed by atoms with E-state index in [1.54, 1.807) is 0 Å². The van der Waals surface area contributed by atoms with Gasteiger partial charge >= 0.3 is 0 Å². The molecule has 0 aromatic heterocycles. The number of benzene rings is 3. The lowest BCUT2D eigenvalue weighted by atomic mass is 9.92. The lowest BCUT2D eigenvalue weighted by Crippen LogP contribution is -2.38. The molecule has 0 unspecified atom stereocenters. The van der Waals surface area contributed by atoms with Crippen molar-refractivity contribution >= 4 is 5.91 Å². The molecule has 0 fully saturated rings. The molecule has 0 saturated carbocycles. The zero-order valence-electron chi connectivity index (χ0n) is 17.1. The van der Waals surface area contributed by atoms with Crippen LogP contribution in [0, 0.1) is 0 Å². The normalized spacial score (nSPS) is 17.8. The molecule has 2 heterocycles. The summed E-state index contributed by atoms with van der Waals surface area (Å²) < 4.78 is 11.7. The summed E-state index contributed by atoms with van der Waals surface area (Å²) in [7, 11) is 0. The van der Waals surface area contributed by atoms with Crippen LogP contribution in [0.2, 0.25) is 0 Å². The van der Waals surface area contributed by atoms with E-state index in [2.05, 4.69) is 31.2 Å². The number of carbonyl (C=O) groups excluding carboxylic acids is 1. The standard InChI is InChI=1S/C26H25NO3/c1-18-23-17-25-24(29-14-5-15-30-25)16-22(23)12-13-27(18)26(28)21-10-8-20(9-11-21)19-6-3-2-4-7-19/h2-4,6-11,16-18H,5,12-15H2,1H3/t18-/m1/s1. The van der Waals surface area contributed by atoms with Crippen molar-refractivity contribution in [3.8, 4) is 22.6 Å². The summed E-state index contributed by atoms with van der Waals surface area (Å²) in [5.41, 5.74) is 5.39. The third-order valence-electron chi connectivity index (χ3n) is 6.05. The van der Waals surface area contributed by atoms with Gasteiger partial charge < -0.3 is 14.4 Å². The molecule has 152 valence electrons. The zero-order chi connectivity index (χ0) is 20.5. The molecule has 3 aromatic carbocycles. The predicted octanol–water partition coefficient (Wildman–Crippen LogP) is 5.27. The summed E-state index contributed by atoms with van der Waals surface area (Å²) in [6.45, 7) is 4.15. The van der Waals surface area contributed by atoms with E-state index in [4.69, 9.17) is 9.47 Å². The first kappa shape index (κ1) is 18.7. The zero-order valence-corrected chi connectivity index (χ0v) is 17.1. The lowest BCUT2D eigenvalue weighted by Gasteiger charge is -2.36. The Morgan fingerprint density at radius 2 is 1.57 bits per heavy atom. The first-order valence-corrected chi connectivity index (χ1v) is 10.6. The van der Waals surface area contributed by atoms with Gasteiger partial charge in [0.15, 0.2) is 11.5 Å². The number of hydrogen-bond acceptors (Lipinski definition) is 3. The van der Waals surface area contributed by atoms with Crippen molar-refractivity contribution < 1.29 is 14.3 Å². The molecule has 0 radical (unpaired) electrons. The highest BCUT2D eigenvalue weighted by atomic mass is 16.5. The van der Waals surface area contributed by atoms with Crippen LogP contribution in [0.25, 0.3) is 11.1 Å². The van der Waals surface area contributed by atoms with Gasteiger partial charge in [-0.2, -0.15) is 0 Å². The van der Waals surface area contributed by atoms with Crippen LogP contribution in [-0.4, -0.2) is 30.6 Å². The number of hydrogen-bond donors (Lipinski definition) is 0. The van der Waals surface area contributed by atoms with Crippen molar-refractivity contribution in [2.75, 3.05) is 19.8 Å². The fourth-order valence-corrected chi connectivity index (χ4v) is 4.35. The molecule has 0 bridgehead atoms. The third kappa shape index (κ3) is 3.43. The van der Waals surface area contributed by atoms with Gasteiger partial charge in [0.2, 0.25) is 0 Å². The maximum Gasteiger partial charge on any atom is 0.254 e. The van der Waals surface area contributed by atoms with E-state index >= 15 is 0 Å². The molecule has 0 aliphatic carbocycles. The highest BCUT2D eigenvalue weighted by molar-refractivity contribution is 5.95. The average Bonchev–Trinajstić information content (AvgIpc) is 3.03. The van der Waals surface area contributed by atoms with Gasteiger partial charge in [-0.05, 0) is 59.9 Å². The number of amides is 1. The summed E-state index contributed by atoms with van der Waals surface area (Å²) >= 11 is 0. The Morgan fingerprint density at radius 1 is 0.900 bits per heavy atom. The van der Waals surface area contributed by atoms with Gasteiger partial charge in [-0.25, -0.2) is 0 Å². The molecule has 4 heteroatoms. The highest BCUT2D eigenvalue weighted by Crippen LogP contribution is 2.39. The molecule has 0 saturated heterocycles. The quantitative estimate of drug-likeness (QED) is 0.589. The van der Waals surface area contributed by atoms with Gasteiger partial charge in [-0.15, -0.1) is 0 Å². The fraction of sp³-hybridized carbons (Fsp3) is 0.269. The van der Waals surface area contributed by atoms with E-state index in [9.17, 15) is 4.79 Å². The first-order chi connectivity index (χ1) is 14.7. The summed E-state index contributed by atoms with van der Waals surface area (Å²) in [6.07, 6.45) is 1.71. The summed E-state index contributed by atoms with van der Waals surface area (Å²) in [4.78, 5) is 15.2. The third-order valence-corrected chi connectivity index (χ3v) is 6.05. The van der Waals surface area contributed by atoms with Crippen LogP contribution < -0.4 is 9.47 Å². The molecule has 0 spiro atoms. The maximum absolute atomic E-state index is 13.3. The second-order valence-corrected chi connectivity index (χ2v) is 7.92. The molecule has 1 atom stereocenters. The minimum Gasteiger partial charge on any atom is -0.490 e. The maximum atomic E-state index is 13.3. The molecule has 3 aromatic rings. The Hall–Kier alpha value is -3.27. The van der Waals surface area contributed by atoms with Crippen molar-refractivity contribution in [1.29, 1.82) is 0 Å². The monoisotopic (exact) mass is 399 g/mol. The number of rotatable bonds is 2. The molecule has 30 heavy (non-hydrogen) atoms. The van der Waals surface area contributed by atoms with Crippen molar-refractivity contribution in [2.24, 2.45) is 0 Å². The molecule has 0 N–H and O–H groups in total. The Morgan fingerprint density at radius 3 is 2.30 bits per heavy atom.